The fourth-order valence-corrected chi connectivity index (χ4v) is 2.32. The van der Waals surface area contributed by atoms with E-state index in [0.29, 0.717) is 0 Å². The maximum Gasteiger partial charge on any atom is 0.133 e. The molecule has 1 aromatic carbocycles. The number of allylic oxidation sites excluding steroid dienone is 2. The second kappa shape index (κ2) is 3.91. The van der Waals surface area contributed by atoms with Gasteiger partial charge in [-0.2, -0.15) is 15.4 Å². The molecule has 92 valence electrons. The minimum atomic E-state index is 0.823. The van der Waals surface area contributed by atoms with E-state index in [1.54, 1.807) is 0 Å². The minimum absolute atomic E-state index is 0.823. The third-order valence-corrected chi connectivity index (χ3v) is 3.26. The highest BCUT2D eigenvalue weighted by Crippen LogP contribution is 2.26. The SMILES string of the molecule is C1=CC2=NC(c3cccc4n[nH]nc34)=CCN2C=C1. The minimum Gasteiger partial charge on any atom is -0.329 e. The van der Waals surface area contributed by atoms with Crippen LogP contribution in [0.2, 0.25) is 0 Å². The summed E-state index contributed by atoms with van der Waals surface area (Å²) < 4.78 is 0. The summed E-state index contributed by atoms with van der Waals surface area (Å²) in [6, 6.07) is 5.94. The summed E-state index contributed by atoms with van der Waals surface area (Å²) in [7, 11) is 0. The maximum atomic E-state index is 4.69. The van der Waals surface area contributed by atoms with Crippen molar-refractivity contribution in [3.63, 3.8) is 0 Å². The fourth-order valence-electron chi connectivity index (χ4n) is 2.32. The van der Waals surface area contributed by atoms with Crippen LogP contribution in [0.1, 0.15) is 5.56 Å². The summed E-state index contributed by atoms with van der Waals surface area (Å²) in [4.78, 5) is 6.79. The molecule has 5 heteroatoms. The molecule has 0 bridgehead atoms. The Bertz CT molecular complexity index is 763. The van der Waals surface area contributed by atoms with Crippen LogP contribution in [0.4, 0.5) is 0 Å². The first-order valence-electron chi connectivity index (χ1n) is 6.12. The molecule has 3 heterocycles. The third-order valence-electron chi connectivity index (χ3n) is 3.26. The highest BCUT2D eigenvalue weighted by Gasteiger charge is 2.16. The summed E-state index contributed by atoms with van der Waals surface area (Å²) in [5, 5.41) is 11.0. The molecule has 0 aliphatic carbocycles. The van der Waals surface area contributed by atoms with Crippen LogP contribution < -0.4 is 0 Å². The van der Waals surface area contributed by atoms with Crippen molar-refractivity contribution in [2.24, 2.45) is 4.99 Å². The number of nitrogens with one attached hydrogen (secondary N) is 1. The third kappa shape index (κ3) is 1.59. The van der Waals surface area contributed by atoms with E-state index in [4.69, 9.17) is 0 Å². The number of aromatic nitrogens is 3. The number of amidine groups is 1. The first kappa shape index (κ1) is 10.3. The van der Waals surface area contributed by atoms with Crippen molar-refractivity contribution >= 4 is 22.6 Å². The van der Waals surface area contributed by atoms with E-state index in [-0.39, 0.29) is 0 Å². The Morgan fingerprint density at radius 2 is 2.16 bits per heavy atom. The molecule has 1 aromatic heterocycles. The van der Waals surface area contributed by atoms with Crippen LogP contribution in [-0.4, -0.2) is 32.7 Å². The van der Waals surface area contributed by atoms with Crippen molar-refractivity contribution in [3.8, 4) is 0 Å². The standard InChI is InChI=1S/C14H11N5/c1-2-8-19-9-7-11(15-13(19)6-1)10-4-3-5-12-14(10)17-18-16-12/h1-8H,9H2,(H,16,17,18). The Balaban J connectivity index is 1.84. The predicted octanol–water partition coefficient (Wildman–Crippen LogP) is 2.10. The monoisotopic (exact) mass is 249 g/mol. The van der Waals surface area contributed by atoms with Crippen molar-refractivity contribution in [3.05, 3.63) is 54.3 Å². The van der Waals surface area contributed by atoms with Crippen LogP contribution >= 0.6 is 0 Å². The van der Waals surface area contributed by atoms with Gasteiger partial charge in [0, 0.05) is 18.3 Å². The van der Waals surface area contributed by atoms with Crippen LogP contribution in [-0.2, 0) is 0 Å². The molecule has 0 spiro atoms. The van der Waals surface area contributed by atoms with Gasteiger partial charge in [0.2, 0.25) is 0 Å². The fraction of sp³-hybridized carbons (Fsp3) is 0.0714. The molecule has 2 aliphatic heterocycles. The number of rotatable bonds is 1. The number of hydrogen-bond acceptors (Lipinski definition) is 4. The zero-order chi connectivity index (χ0) is 12.7. The van der Waals surface area contributed by atoms with Gasteiger partial charge in [0.25, 0.3) is 0 Å². The van der Waals surface area contributed by atoms with E-state index in [1.807, 2.05) is 42.6 Å². The number of hydrogen-bond donors (Lipinski definition) is 1. The second-order valence-corrected chi connectivity index (χ2v) is 4.41. The van der Waals surface area contributed by atoms with Crippen LogP contribution in [0.15, 0.2) is 53.7 Å². The van der Waals surface area contributed by atoms with Crippen LogP contribution in [0.3, 0.4) is 0 Å². The molecule has 0 saturated carbocycles. The number of fused-ring (bicyclic) bond motifs is 2. The van der Waals surface area contributed by atoms with Gasteiger partial charge in [-0.3, -0.25) is 0 Å². The molecule has 0 radical (unpaired) electrons. The van der Waals surface area contributed by atoms with Gasteiger partial charge in [0.05, 0.1) is 5.70 Å². The Labute approximate surface area is 109 Å². The molecular formula is C14H11N5. The summed E-state index contributed by atoms with van der Waals surface area (Å²) >= 11 is 0. The van der Waals surface area contributed by atoms with Crippen LogP contribution in [0.5, 0.6) is 0 Å². The Kier molecular flexibility index (Phi) is 2.11. The van der Waals surface area contributed by atoms with Gasteiger partial charge >= 0.3 is 0 Å². The van der Waals surface area contributed by atoms with E-state index in [0.717, 1.165) is 34.7 Å². The van der Waals surface area contributed by atoms with Gasteiger partial charge in [-0.15, -0.1) is 0 Å². The smallest absolute Gasteiger partial charge is 0.133 e. The molecule has 19 heavy (non-hydrogen) atoms. The zero-order valence-electron chi connectivity index (χ0n) is 10.1. The predicted molar refractivity (Wildman–Crippen MR) is 74.3 cm³/mol. The van der Waals surface area contributed by atoms with Gasteiger partial charge in [-0.1, -0.05) is 18.2 Å². The van der Waals surface area contributed by atoms with Gasteiger partial charge < -0.3 is 4.90 Å². The maximum absolute atomic E-state index is 4.69. The molecule has 0 saturated heterocycles. The van der Waals surface area contributed by atoms with Crippen LogP contribution in [0.25, 0.3) is 16.7 Å². The molecule has 5 nitrogen and oxygen atoms in total. The zero-order valence-corrected chi connectivity index (χ0v) is 10.1. The average Bonchev–Trinajstić information content (AvgIpc) is 2.95. The number of para-hydroxylation sites is 1. The number of aliphatic imine (C=N–C) groups is 1. The first-order chi connectivity index (χ1) is 9.42. The quantitative estimate of drug-likeness (QED) is 0.842. The van der Waals surface area contributed by atoms with Gasteiger partial charge in [-0.25, -0.2) is 4.99 Å². The molecule has 2 aliphatic rings. The van der Waals surface area contributed by atoms with Crippen molar-refractivity contribution < 1.29 is 0 Å². The topological polar surface area (TPSA) is 57.2 Å². The lowest BCUT2D eigenvalue weighted by Crippen LogP contribution is -2.28. The first-order valence-corrected chi connectivity index (χ1v) is 6.12. The molecule has 0 unspecified atom stereocenters. The van der Waals surface area contributed by atoms with E-state index >= 15 is 0 Å². The number of H-pyrrole nitrogens is 1. The Morgan fingerprint density at radius 3 is 3.16 bits per heavy atom. The van der Waals surface area contributed by atoms with Gasteiger partial charge in [0.15, 0.2) is 0 Å². The summed E-state index contributed by atoms with van der Waals surface area (Å²) in [6.07, 6.45) is 10.2. The molecular weight excluding hydrogens is 238 g/mol. The van der Waals surface area contributed by atoms with Crippen molar-refractivity contribution in [1.29, 1.82) is 0 Å². The lowest BCUT2D eigenvalue weighted by Gasteiger charge is -2.25. The Hall–Kier alpha value is -2.69. The normalized spacial score (nSPS) is 17.4. The lowest BCUT2D eigenvalue weighted by molar-refractivity contribution is 0.616. The van der Waals surface area contributed by atoms with Gasteiger partial charge in [0.1, 0.15) is 16.9 Å². The largest absolute Gasteiger partial charge is 0.329 e. The Morgan fingerprint density at radius 1 is 1.16 bits per heavy atom. The lowest BCUT2D eigenvalue weighted by atomic mass is 10.1. The molecule has 0 fully saturated rings. The number of nitrogens with zero attached hydrogens (tertiary/aromatic N) is 4. The van der Waals surface area contributed by atoms with E-state index < -0.39 is 0 Å². The molecule has 0 amide bonds. The summed E-state index contributed by atoms with van der Waals surface area (Å²) in [5.74, 6) is 0.959. The highest BCUT2D eigenvalue weighted by molar-refractivity contribution is 6.01. The average molecular weight is 249 g/mol. The summed E-state index contributed by atoms with van der Waals surface area (Å²) in [6.45, 7) is 0.823. The van der Waals surface area contributed by atoms with E-state index in [9.17, 15) is 0 Å². The van der Waals surface area contributed by atoms with Crippen molar-refractivity contribution in [2.75, 3.05) is 6.54 Å². The van der Waals surface area contributed by atoms with Crippen LogP contribution in [0, 0.1) is 0 Å². The van der Waals surface area contributed by atoms with E-state index in [2.05, 4.69) is 31.4 Å². The molecule has 2 aromatic rings. The second-order valence-electron chi connectivity index (χ2n) is 4.41. The molecule has 0 atom stereocenters. The van der Waals surface area contributed by atoms with Gasteiger partial charge in [-0.05, 0) is 24.3 Å². The van der Waals surface area contributed by atoms with Crippen molar-refractivity contribution in [1.82, 2.24) is 20.3 Å². The summed E-state index contributed by atoms with van der Waals surface area (Å²) in [5.41, 5.74) is 3.69. The number of benzene rings is 1. The number of aromatic amines is 1. The molecule has 1 N–H and O–H groups in total. The molecule has 4 rings (SSSR count). The van der Waals surface area contributed by atoms with Crippen molar-refractivity contribution in [2.45, 2.75) is 0 Å². The highest BCUT2D eigenvalue weighted by atomic mass is 15.3. The van der Waals surface area contributed by atoms with E-state index in [1.165, 1.54) is 0 Å².